The molecule has 0 bridgehead atoms. The van der Waals surface area contributed by atoms with Crippen molar-refractivity contribution in [3.8, 4) is 12.3 Å². The van der Waals surface area contributed by atoms with Gasteiger partial charge in [-0.2, -0.15) is 0 Å². The van der Waals surface area contributed by atoms with Gasteiger partial charge >= 0.3 is 6.03 Å². The molecule has 47 heavy (non-hydrogen) atoms. The monoisotopic (exact) mass is 649 g/mol. The summed E-state index contributed by atoms with van der Waals surface area (Å²) in [5.41, 5.74) is -0.325. The van der Waals surface area contributed by atoms with Crippen LogP contribution in [0, 0.1) is 35.5 Å². The summed E-state index contributed by atoms with van der Waals surface area (Å²) >= 11 is 0. The maximum Gasteiger partial charge on any atom is 0.316 e. The Balaban J connectivity index is 2.33. The molecule has 0 aliphatic carbocycles. The van der Waals surface area contributed by atoms with E-state index < -0.39 is 59.1 Å². The lowest BCUT2D eigenvalue weighted by Gasteiger charge is -2.36. The first-order chi connectivity index (χ1) is 22.0. The van der Waals surface area contributed by atoms with Crippen LogP contribution in [0.4, 0.5) is 4.79 Å². The van der Waals surface area contributed by atoms with E-state index in [0.717, 1.165) is 0 Å². The second-order valence-corrected chi connectivity index (χ2v) is 13.8. The normalized spacial score (nSPS) is 18.0. The summed E-state index contributed by atoms with van der Waals surface area (Å²) in [5.74, 6) is -0.736. The minimum Gasteiger partial charge on any atom is -0.346 e. The molecule has 1 unspecified atom stereocenters. The molecule has 11 heteroatoms. The van der Waals surface area contributed by atoms with Crippen molar-refractivity contribution >= 4 is 35.3 Å². The number of Topliss-reactive ketones (excluding diaryl/α,β-unsaturated/α-hetero) is 2. The topological polar surface area (TPSA) is 154 Å². The van der Waals surface area contributed by atoms with E-state index in [1.54, 1.807) is 51.1 Å². The zero-order valence-corrected chi connectivity index (χ0v) is 28.7. The van der Waals surface area contributed by atoms with E-state index in [1.807, 2.05) is 27.7 Å². The highest BCUT2D eigenvalue weighted by molar-refractivity contribution is 6.38. The Morgan fingerprint density at radius 1 is 1.02 bits per heavy atom. The molecule has 256 valence electrons. The van der Waals surface area contributed by atoms with E-state index >= 15 is 0 Å². The van der Waals surface area contributed by atoms with Gasteiger partial charge in [-0.1, -0.05) is 84.9 Å². The summed E-state index contributed by atoms with van der Waals surface area (Å²) in [5, 5.41) is 10.7. The number of hydrogen-bond donors (Lipinski definition) is 4. The van der Waals surface area contributed by atoms with Gasteiger partial charge in [0.1, 0.15) is 12.1 Å². The first-order valence-electron chi connectivity index (χ1n) is 16.2. The number of rotatable bonds is 15. The molecule has 1 saturated heterocycles. The molecule has 1 heterocycles. The van der Waals surface area contributed by atoms with Crippen LogP contribution >= 0.6 is 0 Å². The van der Waals surface area contributed by atoms with Crippen molar-refractivity contribution in [3.63, 3.8) is 0 Å². The first kappa shape index (κ1) is 38.7. The number of urea groups is 1. The highest BCUT2D eigenvalue weighted by Gasteiger charge is 2.46. The Hall–Kier alpha value is -4.46. The lowest BCUT2D eigenvalue weighted by molar-refractivity contribution is -0.143. The minimum absolute atomic E-state index is 0.0336. The van der Waals surface area contributed by atoms with Crippen LogP contribution < -0.4 is 21.3 Å². The summed E-state index contributed by atoms with van der Waals surface area (Å²) in [4.78, 5) is 81.5. The van der Waals surface area contributed by atoms with E-state index in [0.29, 0.717) is 12.0 Å². The third-order valence-corrected chi connectivity index (χ3v) is 8.39. The largest absolute Gasteiger partial charge is 0.346 e. The van der Waals surface area contributed by atoms with Gasteiger partial charge in [-0.3, -0.25) is 24.0 Å². The van der Waals surface area contributed by atoms with Crippen LogP contribution in [0.2, 0.25) is 0 Å². The number of carbonyl (C=O) groups excluding carboxylic acids is 6. The molecule has 1 aromatic carbocycles. The Morgan fingerprint density at radius 2 is 1.66 bits per heavy atom. The fraction of sp³-hybridized carbons (Fsp3) is 0.556. The van der Waals surface area contributed by atoms with Gasteiger partial charge in [0.05, 0.1) is 12.1 Å². The molecule has 1 aliphatic heterocycles. The Morgan fingerprint density at radius 3 is 2.19 bits per heavy atom. The smallest absolute Gasteiger partial charge is 0.316 e. The lowest BCUT2D eigenvalue weighted by Crippen LogP contribution is -2.61. The van der Waals surface area contributed by atoms with Crippen molar-refractivity contribution < 1.29 is 28.8 Å². The van der Waals surface area contributed by atoms with Gasteiger partial charge in [-0.25, -0.2) is 4.79 Å². The van der Waals surface area contributed by atoms with Crippen LogP contribution in [-0.4, -0.2) is 77.5 Å². The van der Waals surface area contributed by atoms with Gasteiger partial charge in [-0.05, 0) is 36.0 Å². The molecule has 5 amide bonds. The average molecular weight is 650 g/mol. The van der Waals surface area contributed by atoms with Crippen LogP contribution in [0.3, 0.4) is 0 Å². The number of ketones is 2. The molecule has 4 N–H and O–H groups in total. The third-order valence-electron chi connectivity index (χ3n) is 8.39. The predicted octanol–water partition coefficient (Wildman–Crippen LogP) is 3.25. The SMILES string of the molecule is C#CCCC(NC(=O)[C@@H]1C[C@@H](C(C)C)CN1C(=O)[C@@H](NC(=O)N[C@H](C(=O)c1ccccc1)C(C)C)C(C)(C)C)C(=O)C(=O)NCC=C. The number of nitrogens with zero attached hydrogens (tertiary/aromatic N) is 1. The van der Waals surface area contributed by atoms with Crippen molar-refractivity contribution in [2.24, 2.45) is 23.2 Å². The fourth-order valence-corrected chi connectivity index (χ4v) is 5.46. The molecule has 1 aliphatic rings. The first-order valence-corrected chi connectivity index (χ1v) is 16.2. The Kier molecular flexibility index (Phi) is 14.4. The summed E-state index contributed by atoms with van der Waals surface area (Å²) in [6.07, 6.45) is 7.35. The quantitative estimate of drug-likeness (QED) is 0.0991. The van der Waals surface area contributed by atoms with E-state index in [-0.39, 0.29) is 49.5 Å². The molecule has 0 saturated carbocycles. The molecular weight excluding hydrogens is 598 g/mol. The van der Waals surface area contributed by atoms with Crippen LogP contribution in [0.1, 0.15) is 78.1 Å². The molecule has 11 nitrogen and oxygen atoms in total. The number of hydrogen-bond acceptors (Lipinski definition) is 6. The van der Waals surface area contributed by atoms with Gasteiger partial charge in [0, 0.05) is 25.1 Å². The van der Waals surface area contributed by atoms with Gasteiger partial charge in [0.2, 0.25) is 17.6 Å². The summed E-state index contributed by atoms with van der Waals surface area (Å²) in [6, 6.07) is 3.92. The van der Waals surface area contributed by atoms with E-state index in [9.17, 15) is 28.8 Å². The van der Waals surface area contributed by atoms with Gasteiger partial charge < -0.3 is 26.2 Å². The van der Waals surface area contributed by atoms with Crippen molar-refractivity contribution in [1.82, 2.24) is 26.2 Å². The fourth-order valence-electron chi connectivity index (χ4n) is 5.46. The number of terminal acetylenes is 1. The van der Waals surface area contributed by atoms with E-state index in [1.165, 1.54) is 11.0 Å². The van der Waals surface area contributed by atoms with Gasteiger partial charge in [-0.15, -0.1) is 18.9 Å². The van der Waals surface area contributed by atoms with Crippen LogP contribution in [-0.2, 0) is 19.2 Å². The molecule has 1 fully saturated rings. The minimum atomic E-state index is -1.18. The zero-order chi connectivity index (χ0) is 35.5. The highest BCUT2D eigenvalue weighted by atomic mass is 16.2. The standard InChI is InChI=1S/C36H51N5O6/c1-10-12-18-26(30(43)33(45)37-19-11-2)38-32(44)27-20-25(22(3)4)21-41(27)34(46)31(36(7,8)9)40-35(47)39-28(23(5)6)29(42)24-16-14-13-15-17-24/h1,11,13-17,22-23,25-28,31H,2,12,18-21H2,3-9H3,(H,37,45)(H,38,44)(H2,39,40,47)/t25-,26?,27+,28+,31-/m1/s1. The van der Waals surface area contributed by atoms with Crippen molar-refractivity contribution in [3.05, 3.63) is 48.6 Å². The lowest BCUT2D eigenvalue weighted by atomic mass is 9.85. The van der Waals surface area contributed by atoms with Crippen LogP contribution in [0.25, 0.3) is 0 Å². The molecule has 5 atom stereocenters. The van der Waals surface area contributed by atoms with Gasteiger partial charge in [0.15, 0.2) is 5.78 Å². The Labute approximate surface area is 279 Å². The second-order valence-electron chi connectivity index (χ2n) is 13.8. The highest BCUT2D eigenvalue weighted by Crippen LogP contribution is 2.32. The predicted molar refractivity (Wildman–Crippen MR) is 181 cm³/mol. The second kappa shape index (κ2) is 17.5. The maximum atomic E-state index is 14.3. The number of nitrogens with one attached hydrogen (secondary N) is 4. The van der Waals surface area contributed by atoms with E-state index in [2.05, 4.69) is 33.8 Å². The summed E-state index contributed by atoms with van der Waals surface area (Å²) in [7, 11) is 0. The van der Waals surface area contributed by atoms with Crippen molar-refractivity contribution in [2.75, 3.05) is 13.1 Å². The van der Waals surface area contributed by atoms with Gasteiger partial charge in [0.25, 0.3) is 5.91 Å². The van der Waals surface area contributed by atoms with E-state index in [4.69, 9.17) is 6.42 Å². The third kappa shape index (κ3) is 10.8. The number of benzene rings is 1. The van der Waals surface area contributed by atoms with Crippen LogP contribution in [0.5, 0.6) is 0 Å². The number of likely N-dealkylation sites (tertiary alicyclic amines) is 1. The molecule has 2 rings (SSSR count). The molecule has 0 spiro atoms. The van der Waals surface area contributed by atoms with Crippen LogP contribution in [0.15, 0.2) is 43.0 Å². The molecule has 0 aromatic heterocycles. The average Bonchev–Trinajstić information content (AvgIpc) is 3.48. The van der Waals surface area contributed by atoms with Crippen molar-refractivity contribution in [2.45, 2.75) is 91.9 Å². The summed E-state index contributed by atoms with van der Waals surface area (Å²) in [6.45, 7) is 16.9. The maximum absolute atomic E-state index is 14.3. The number of carbonyl (C=O) groups is 6. The molecular formula is C36H51N5O6. The van der Waals surface area contributed by atoms with Crippen molar-refractivity contribution in [1.29, 1.82) is 0 Å². The Bertz CT molecular complexity index is 1340. The summed E-state index contributed by atoms with van der Waals surface area (Å²) < 4.78 is 0. The molecule has 1 aromatic rings. The molecule has 0 radical (unpaired) electrons. The number of amides is 5. The zero-order valence-electron chi connectivity index (χ0n) is 28.7.